The van der Waals surface area contributed by atoms with E-state index < -0.39 is 5.60 Å². The van der Waals surface area contributed by atoms with Gasteiger partial charge in [0.15, 0.2) is 0 Å². The van der Waals surface area contributed by atoms with Gasteiger partial charge < -0.3 is 15.0 Å². The maximum Gasteiger partial charge on any atom is 0.410 e. The first kappa shape index (κ1) is 12.5. The topological polar surface area (TPSA) is 70.2 Å². The van der Waals surface area contributed by atoms with Crippen LogP contribution < -0.4 is 5.32 Å². The summed E-state index contributed by atoms with van der Waals surface area (Å²) in [6.07, 6.45) is 1.63. The molecule has 6 heteroatoms. The van der Waals surface area contributed by atoms with Crippen molar-refractivity contribution in [1.82, 2.24) is 20.4 Å². The summed E-state index contributed by atoms with van der Waals surface area (Å²) < 4.78 is 5.39. The van der Waals surface area contributed by atoms with E-state index in [1.54, 1.807) is 4.90 Å². The molecule has 1 aromatic heterocycles. The number of likely N-dealkylation sites (tertiary alicyclic amines) is 1. The number of amides is 1. The third-order valence-corrected chi connectivity index (χ3v) is 3.67. The first-order valence-corrected chi connectivity index (χ1v) is 6.61. The van der Waals surface area contributed by atoms with Crippen molar-refractivity contribution in [3.05, 3.63) is 17.5 Å². The molecule has 104 valence electrons. The van der Waals surface area contributed by atoms with Gasteiger partial charge in [-0.05, 0) is 20.8 Å². The zero-order valence-corrected chi connectivity index (χ0v) is 11.6. The Labute approximate surface area is 112 Å². The van der Waals surface area contributed by atoms with Crippen LogP contribution in [-0.4, -0.2) is 46.4 Å². The summed E-state index contributed by atoms with van der Waals surface area (Å²) in [5, 5.41) is 10.6. The molecule has 1 fully saturated rings. The Morgan fingerprint density at radius 3 is 2.89 bits per heavy atom. The number of fused-ring (bicyclic) bond motifs is 2. The molecule has 1 aromatic rings. The minimum atomic E-state index is -0.441. The fourth-order valence-electron chi connectivity index (χ4n) is 2.84. The van der Waals surface area contributed by atoms with Gasteiger partial charge in [-0.15, -0.1) is 0 Å². The second-order valence-corrected chi connectivity index (χ2v) is 6.49. The van der Waals surface area contributed by atoms with E-state index in [4.69, 9.17) is 4.74 Å². The molecule has 0 aliphatic carbocycles. The average Bonchev–Trinajstić information content (AvgIpc) is 2.70. The SMILES string of the molecule is CC(C)(C)OC(=O)N1CC2(CNCc3cn[nH]c32)C1. The van der Waals surface area contributed by atoms with E-state index in [-0.39, 0.29) is 11.5 Å². The molecule has 1 saturated heterocycles. The molecule has 0 saturated carbocycles. The van der Waals surface area contributed by atoms with Crippen molar-refractivity contribution in [2.75, 3.05) is 19.6 Å². The monoisotopic (exact) mass is 264 g/mol. The highest BCUT2D eigenvalue weighted by molar-refractivity contribution is 5.70. The molecule has 2 N–H and O–H groups in total. The Morgan fingerprint density at radius 2 is 2.21 bits per heavy atom. The summed E-state index contributed by atoms with van der Waals surface area (Å²) in [6.45, 7) is 8.75. The van der Waals surface area contributed by atoms with Gasteiger partial charge in [-0.2, -0.15) is 5.10 Å². The van der Waals surface area contributed by atoms with Gasteiger partial charge in [-0.25, -0.2) is 4.79 Å². The van der Waals surface area contributed by atoms with Crippen molar-refractivity contribution in [2.45, 2.75) is 38.3 Å². The van der Waals surface area contributed by atoms with E-state index >= 15 is 0 Å². The number of ether oxygens (including phenoxy) is 1. The number of nitrogens with zero attached hydrogens (tertiary/aromatic N) is 2. The van der Waals surface area contributed by atoms with E-state index in [9.17, 15) is 4.79 Å². The second kappa shape index (κ2) is 3.96. The lowest BCUT2D eigenvalue weighted by molar-refractivity contribution is -0.0121. The highest BCUT2D eigenvalue weighted by Crippen LogP contribution is 2.37. The molecule has 0 radical (unpaired) electrons. The highest BCUT2D eigenvalue weighted by atomic mass is 16.6. The van der Waals surface area contributed by atoms with Crippen LogP contribution in [0, 0.1) is 0 Å². The summed E-state index contributed by atoms with van der Waals surface area (Å²) in [5.41, 5.74) is 1.92. The first-order valence-electron chi connectivity index (χ1n) is 6.61. The number of hydrogen-bond donors (Lipinski definition) is 2. The van der Waals surface area contributed by atoms with Gasteiger partial charge in [0, 0.05) is 31.7 Å². The predicted molar refractivity (Wildman–Crippen MR) is 69.8 cm³/mol. The van der Waals surface area contributed by atoms with Crippen molar-refractivity contribution in [3.8, 4) is 0 Å². The minimum absolute atomic E-state index is 0.0129. The number of hydrogen-bond acceptors (Lipinski definition) is 4. The molecule has 0 aromatic carbocycles. The van der Waals surface area contributed by atoms with Gasteiger partial charge in [0.1, 0.15) is 5.60 Å². The van der Waals surface area contributed by atoms with Crippen LogP contribution in [0.2, 0.25) is 0 Å². The Kier molecular flexibility index (Phi) is 2.60. The lowest BCUT2D eigenvalue weighted by atomic mass is 9.74. The predicted octanol–water partition coefficient (Wildman–Crippen LogP) is 1.00. The Balaban J connectivity index is 1.69. The fraction of sp³-hybridized carbons (Fsp3) is 0.692. The van der Waals surface area contributed by atoms with E-state index in [1.165, 1.54) is 11.3 Å². The van der Waals surface area contributed by atoms with E-state index in [2.05, 4.69) is 15.5 Å². The lowest BCUT2D eigenvalue weighted by Crippen LogP contribution is -2.67. The molecule has 1 amide bonds. The largest absolute Gasteiger partial charge is 0.444 e. The lowest BCUT2D eigenvalue weighted by Gasteiger charge is -2.51. The van der Waals surface area contributed by atoms with Gasteiger partial charge in [0.05, 0.1) is 17.3 Å². The molecular formula is C13H20N4O2. The maximum absolute atomic E-state index is 12.0. The van der Waals surface area contributed by atoms with Crippen molar-refractivity contribution >= 4 is 6.09 Å². The molecule has 0 atom stereocenters. The number of carbonyl (C=O) groups excluding carboxylic acids is 1. The Bertz CT molecular complexity index is 497. The minimum Gasteiger partial charge on any atom is -0.444 e. The van der Waals surface area contributed by atoms with Crippen molar-refractivity contribution in [3.63, 3.8) is 0 Å². The van der Waals surface area contributed by atoms with Crippen LogP contribution in [0.4, 0.5) is 4.79 Å². The quantitative estimate of drug-likeness (QED) is 0.733. The van der Waals surface area contributed by atoms with Crippen molar-refractivity contribution in [1.29, 1.82) is 0 Å². The summed E-state index contributed by atoms with van der Waals surface area (Å²) in [6, 6.07) is 0. The number of rotatable bonds is 0. The van der Waals surface area contributed by atoms with Crippen molar-refractivity contribution in [2.24, 2.45) is 0 Å². The normalized spacial score (nSPS) is 20.9. The molecule has 19 heavy (non-hydrogen) atoms. The third kappa shape index (κ3) is 2.10. The number of carbonyl (C=O) groups is 1. The van der Waals surface area contributed by atoms with Crippen LogP contribution in [0.1, 0.15) is 32.0 Å². The number of H-pyrrole nitrogens is 1. The third-order valence-electron chi connectivity index (χ3n) is 3.67. The molecule has 1 spiro atoms. The highest BCUT2D eigenvalue weighted by Gasteiger charge is 2.50. The smallest absolute Gasteiger partial charge is 0.410 e. The maximum atomic E-state index is 12.0. The zero-order valence-electron chi connectivity index (χ0n) is 11.6. The van der Waals surface area contributed by atoms with Crippen LogP contribution in [0.15, 0.2) is 6.20 Å². The fourth-order valence-corrected chi connectivity index (χ4v) is 2.84. The number of aromatic nitrogens is 2. The van der Waals surface area contributed by atoms with Crippen LogP contribution in [0.5, 0.6) is 0 Å². The van der Waals surface area contributed by atoms with E-state index in [0.29, 0.717) is 13.1 Å². The molecule has 0 bridgehead atoms. The molecule has 6 nitrogen and oxygen atoms in total. The average molecular weight is 264 g/mol. The van der Waals surface area contributed by atoms with E-state index in [1.807, 2.05) is 27.0 Å². The van der Waals surface area contributed by atoms with Gasteiger partial charge in [-0.1, -0.05) is 0 Å². The first-order chi connectivity index (χ1) is 8.90. The van der Waals surface area contributed by atoms with Crippen LogP contribution in [0.25, 0.3) is 0 Å². The second-order valence-electron chi connectivity index (χ2n) is 6.49. The molecule has 2 aliphatic heterocycles. The summed E-state index contributed by atoms with van der Waals surface area (Å²) in [5.74, 6) is 0. The van der Waals surface area contributed by atoms with Crippen LogP contribution in [0.3, 0.4) is 0 Å². The van der Waals surface area contributed by atoms with Gasteiger partial charge in [0.2, 0.25) is 0 Å². The summed E-state index contributed by atoms with van der Waals surface area (Å²) >= 11 is 0. The summed E-state index contributed by atoms with van der Waals surface area (Å²) in [7, 11) is 0. The molecule has 3 rings (SSSR count). The number of aromatic amines is 1. The van der Waals surface area contributed by atoms with Gasteiger partial charge in [-0.3, -0.25) is 5.10 Å². The van der Waals surface area contributed by atoms with E-state index in [0.717, 1.165) is 13.1 Å². The Hall–Kier alpha value is -1.56. The van der Waals surface area contributed by atoms with Gasteiger partial charge in [0.25, 0.3) is 0 Å². The zero-order chi connectivity index (χ0) is 13.7. The number of nitrogens with one attached hydrogen (secondary N) is 2. The molecule has 0 unspecified atom stereocenters. The molecular weight excluding hydrogens is 244 g/mol. The van der Waals surface area contributed by atoms with Crippen molar-refractivity contribution < 1.29 is 9.53 Å². The summed E-state index contributed by atoms with van der Waals surface area (Å²) in [4.78, 5) is 13.7. The van der Waals surface area contributed by atoms with Crippen LogP contribution >= 0.6 is 0 Å². The van der Waals surface area contributed by atoms with Crippen LogP contribution in [-0.2, 0) is 16.7 Å². The Morgan fingerprint density at radius 1 is 1.47 bits per heavy atom. The van der Waals surface area contributed by atoms with Gasteiger partial charge >= 0.3 is 6.09 Å². The molecule has 3 heterocycles. The molecule has 2 aliphatic rings. The standard InChI is InChI=1S/C13H20N4O2/c1-12(2,3)19-11(18)17-7-13(8-17)6-14-4-9-5-15-16-10(9)13/h5,14H,4,6-8H2,1-3H3,(H,15,16).